The number of carbonyl (C=O) groups is 2. The summed E-state index contributed by atoms with van der Waals surface area (Å²) in [6.07, 6.45) is 2.30. The number of amides is 2. The Hall–Kier alpha value is -2.81. The van der Waals surface area contributed by atoms with Crippen molar-refractivity contribution >= 4 is 11.8 Å². The molecular formula is C30H40FN3O4. The minimum Gasteiger partial charge on any atom is -0.391 e. The fourth-order valence-electron chi connectivity index (χ4n) is 6.23. The van der Waals surface area contributed by atoms with E-state index in [1.54, 1.807) is 17.0 Å². The second-order valence-electron chi connectivity index (χ2n) is 11.1. The Morgan fingerprint density at radius 2 is 1.97 bits per heavy atom. The fraction of sp³-hybridized carbons (Fsp3) is 0.533. The van der Waals surface area contributed by atoms with E-state index >= 15 is 4.39 Å². The molecule has 1 saturated heterocycles. The number of hydrogen-bond donors (Lipinski definition) is 4. The van der Waals surface area contributed by atoms with E-state index in [4.69, 9.17) is 5.73 Å². The normalized spacial score (nSPS) is 25.2. The van der Waals surface area contributed by atoms with Gasteiger partial charge in [0.25, 0.3) is 0 Å². The van der Waals surface area contributed by atoms with Gasteiger partial charge in [-0.05, 0) is 62.6 Å². The van der Waals surface area contributed by atoms with Gasteiger partial charge in [0.05, 0.1) is 11.7 Å². The van der Waals surface area contributed by atoms with Crippen molar-refractivity contribution < 1.29 is 24.2 Å². The third-order valence-electron chi connectivity index (χ3n) is 8.23. The van der Waals surface area contributed by atoms with E-state index < -0.39 is 23.6 Å². The Balaban J connectivity index is 1.68. The van der Waals surface area contributed by atoms with Crippen LogP contribution in [0.5, 0.6) is 0 Å². The van der Waals surface area contributed by atoms with Crippen LogP contribution in [0.1, 0.15) is 56.6 Å². The predicted octanol–water partition coefficient (Wildman–Crippen LogP) is 3.24. The van der Waals surface area contributed by atoms with Crippen LogP contribution in [0.3, 0.4) is 0 Å². The van der Waals surface area contributed by atoms with Gasteiger partial charge in [-0.25, -0.2) is 4.39 Å². The van der Waals surface area contributed by atoms with Gasteiger partial charge in [-0.1, -0.05) is 42.0 Å². The first-order valence-electron chi connectivity index (χ1n) is 13.7. The van der Waals surface area contributed by atoms with Crippen LogP contribution in [0.15, 0.2) is 42.5 Å². The Kier molecular flexibility index (Phi) is 8.85. The molecule has 2 aliphatic rings. The van der Waals surface area contributed by atoms with E-state index in [2.05, 4.69) is 5.32 Å². The van der Waals surface area contributed by atoms with Crippen LogP contribution in [0.2, 0.25) is 0 Å². The molecule has 206 valence electrons. The van der Waals surface area contributed by atoms with Crippen LogP contribution in [0, 0.1) is 24.6 Å². The van der Waals surface area contributed by atoms with Gasteiger partial charge in [-0.3, -0.25) is 9.59 Å². The number of aliphatic hydroxyl groups excluding tert-OH is 1. The maximum atomic E-state index is 15.5. The lowest BCUT2D eigenvalue weighted by Crippen LogP contribution is -2.49. The number of likely N-dealkylation sites (tertiary alicyclic amines) is 1. The number of nitrogens with two attached hydrogens (primary N) is 1. The first-order chi connectivity index (χ1) is 18.1. The molecule has 5 atom stereocenters. The Morgan fingerprint density at radius 1 is 1.21 bits per heavy atom. The molecule has 2 amide bonds. The van der Waals surface area contributed by atoms with E-state index in [9.17, 15) is 19.8 Å². The molecule has 0 radical (unpaired) electrons. The van der Waals surface area contributed by atoms with E-state index in [0.29, 0.717) is 74.8 Å². The summed E-state index contributed by atoms with van der Waals surface area (Å²) >= 11 is 0. The number of hydrogen-bond acceptors (Lipinski definition) is 5. The van der Waals surface area contributed by atoms with Crippen LogP contribution in [-0.4, -0.2) is 58.7 Å². The standard InChI is InChI=1S/C30H40FN3O4/c1-19-7-3-8-21(15-19)28-24(10-4-11-25(28)31)30(38,12-6-13-33-20(2)35)23-9-5-14-34(18-23)29(37)22-16-26(32)27(36)17-22/h3-4,7-8,10-11,15,22-23,26-27,36,38H,5-6,9,12-14,16-18,32H2,1-2H3,(H,33,35)/t22-,23+,26+,27-,30-/m0/s1. The zero-order chi connectivity index (χ0) is 27.4. The largest absolute Gasteiger partial charge is 0.391 e. The third-order valence-corrected chi connectivity index (χ3v) is 8.23. The molecule has 5 N–H and O–H groups in total. The molecule has 2 aromatic carbocycles. The summed E-state index contributed by atoms with van der Waals surface area (Å²) in [5, 5.41) is 25.4. The highest BCUT2D eigenvalue weighted by molar-refractivity contribution is 5.79. The number of aryl methyl sites for hydroxylation is 1. The number of halogens is 1. The van der Waals surface area contributed by atoms with E-state index in [1.807, 2.05) is 31.2 Å². The smallest absolute Gasteiger partial charge is 0.225 e. The molecule has 38 heavy (non-hydrogen) atoms. The molecular weight excluding hydrogens is 485 g/mol. The monoisotopic (exact) mass is 525 g/mol. The van der Waals surface area contributed by atoms with Crippen molar-refractivity contribution in [2.75, 3.05) is 19.6 Å². The van der Waals surface area contributed by atoms with Crippen molar-refractivity contribution in [3.05, 3.63) is 59.4 Å². The van der Waals surface area contributed by atoms with Crippen LogP contribution >= 0.6 is 0 Å². The molecule has 2 aromatic rings. The van der Waals surface area contributed by atoms with Gasteiger partial charge in [0.15, 0.2) is 0 Å². The summed E-state index contributed by atoms with van der Waals surface area (Å²) in [6, 6.07) is 12.0. The minimum atomic E-state index is -1.43. The molecule has 1 saturated carbocycles. The number of carbonyl (C=O) groups excluding carboxylic acids is 2. The Labute approximate surface area is 224 Å². The van der Waals surface area contributed by atoms with Crippen molar-refractivity contribution in [3.8, 4) is 11.1 Å². The molecule has 7 nitrogen and oxygen atoms in total. The highest BCUT2D eigenvalue weighted by atomic mass is 19.1. The second-order valence-corrected chi connectivity index (χ2v) is 11.1. The number of nitrogens with one attached hydrogen (secondary N) is 1. The summed E-state index contributed by atoms with van der Waals surface area (Å²) in [5.41, 5.74) is 7.09. The van der Waals surface area contributed by atoms with Gasteiger partial charge in [0.2, 0.25) is 11.8 Å². The van der Waals surface area contributed by atoms with Gasteiger partial charge in [0.1, 0.15) is 5.82 Å². The third kappa shape index (κ3) is 6.08. The van der Waals surface area contributed by atoms with Gasteiger partial charge >= 0.3 is 0 Å². The van der Waals surface area contributed by atoms with Crippen molar-refractivity contribution in [1.82, 2.24) is 10.2 Å². The molecule has 2 fully saturated rings. The molecule has 1 aliphatic heterocycles. The number of rotatable bonds is 8. The molecule has 8 heteroatoms. The van der Waals surface area contributed by atoms with Crippen LogP contribution in [-0.2, 0) is 15.2 Å². The lowest BCUT2D eigenvalue weighted by atomic mass is 9.72. The van der Waals surface area contributed by atoms with Gasteiger partial charge in [-0.15, -0.1) is 0 Å². The van der Waals surface area contributed by atoms with Crippen molar-refractivity contribution in [3.63, 3.8) is 0 Å². The lowest BCUT2D eigenvalue weighted by molar-refractivity contribution is -0.141. The molecule has 0 unspecified atom stereocenters. The quantitative estimate of drug-likeness (QED) is 0.395. The molecule has 0 spiro atoms. The zero-order valence-corrected chi connectivity index (χ0v) is 22.3. The Morgan fingerprint density at radius 3 is 2.66 bits per heavy atom. The summed E-state index contributed by atoms with van der Waals surface area (Å²) in [4.78, 5) is 26.6. The molecule has 1 aliphatic carbocycles. The van der Waals surface area contributed by atoms with Gasteiger partial charge in [0, 0.05) is 50.0 Å². The number of aliphatic hydroxyl groups is 2. The summed E-state index contributed by atoms with van der Waals surface area (Å²) in [7, 11) is 0. The molecule has 0 aromatic heterocycles. The first-order valence-corrected chi connectivity index (χ1v) is 13.7. The average molecular weight is 526 g/mol. The van der Waals surface area contributed by atoms with E-state index in [-0.39, 0.29) is 23.7 Å². The average Bonchev–Trinajstić information content (AvgIpc) is 3.23. The maximum absolute atomic E-state index is 15.5. The van der Waals surface area contributed by atoms with Gasteiger partial charge < -0.3 is 26.2 Å². The maximum Gasteiger partial charge on any atom is 0.225 e. The summed E-state index contributed by atoms with van der Waals surface area (Å²) in [5.74, 6) is -1.26. The van der Waals surface area contributed by atoms with E-state index in [0.717, 1.165) is 5.56 Å². The molecule has 1 heterocycles. The summed E-state index contributed by atoms with van der Waals surface area (Å²) in [6.45, 7) is 4.69. The van der Waals surface area contributed by atoms with Crippen molar-refractivity contribution in [2.45, 2.75) is 70.1 Å². The highest BCUT2D eigenvalue weighted by Crippen LogP contribution is 2.44. The number of piperidine rings is 1. The minimum absolute atomic E-state index is 0.0413. The highest BCUT2D eigenvalue weighted by Gasteiger charge is 2.44. The predicted molar refractivity (Wildman–Crippen MR) is 144 cm³/mol. The van der Waals surface area contributed by atoms with Crippen molar-refractivity contribution in [1.29, 1.82) is 0 Å². The van der Waals surface area contributed by atoms with Crippen LogP contribution in [0.25, 0.3) is 11.1 Å². The topological polar surface area (TPSA) is 116 Å². The van der Waals surface area contributed by atoms with Crippen LogP contribution < -0.4 is 11.1 Å². The van der Waals surface area contributed by atoms with Gasteiger partial charge in [-0.2, -0.15) is 0 Å². The Bertz CT molecular complexity index is 1150. The lowest BCUT2D eigenvalue weighted by Gasteiger charge is -2.44. The first kappa shape index (κ1) is 28.2. The van der Waals surface area contributed by atoms with Crippen molar-refractivity contribution in [2.24, 2.45) is 17.6 Å². The zero-order valence-electron chi connectivity index (χ0n) is 22.3. The molecule has 4 rings (SSSR count). The van der Waals surface area contributed by atoms with Crippen LogP contribution in [0.4, 0.5) is 4.39 Å². The summed E-state index contributed by atoms with van der Waals surface area (Å²) < 4.78 is 15.5. The SMILES string of the molecule is CC(=O)NCCC[C@@](O)(c1cccc(F)c1-c1cccc(C)c1)[C@@H]1CCCN(C(=O)[C@H]2C[C@@H](N)[C@@H](O)C2)C1. The fourth-order valence-corrected chi connectivity index (χ4v) is 6.23. The molecule has 0 bridgehead atoms. The second kappa shape index (κ2) is 11.9. The number of benzene rings is 2. The number of nitrogens with zero attached hydrogens (tertiary/aromatic N) is 1. The van der Waals surface area contributed by atoms with E-state index in [1.165, 1.54) is 13.0 Å².